The average Bonchev–Trinajstić information content (AvgIpc) is 2.94. The van der Waals surface area contributed by atoms with Crippen LogP contribution in [0, 0.1) is 5.82 Å². The van der Waals surface area contributed by atoms with Crippen LogP contribution in [0.25, 0.3) is 0 Å². The lowest BCUT2D eigenvalue weighted by atomic mass is 9.93. The Hall–Kier alpha value is -2.40. The van der Waals surface area contributed by atoms with E-state index in [2.05, 4.69) is 5.32 Å². The minimum atomic E-state index is -0.472. The molecule has 0 fully saturated rings. The van der Waals surface area contributed by atoms with Crippen LogP contribution < -0.4 is 15.8 Å². The first-order valence-electron chi connectivity index (χ1n) is 7.63. The molecule has 1 aliphatic rings. The maximum atomic E-state index is 12.9. The quantitative estimate of drug-likeness (QED) is 0.890. The summed E-state index contributed by atoms with van der Waals surface area (Å²) in [6, 6.07) is 13.3. The molecule has 1 amide bonds. The van der Waals surface area contributed by atoms with Gasteiger partial charge in [-0.3, -0.25) is 4.79 Å². The van der Waals surface area contributed by atoms with Crippen LogP contribution >= 0.6 is 0 Å². The van der Waals surface area contributed by atoms with Gasteiger partial charge in [0, 0.05) is 31.5 Å². The second-order valence-corrected chi connectivity index (χ2v) is 5.79. The van der Waals surface area contributed by atoms with Gasteiger partial charge in [0.1, 0.15) is 17.2 Å². The first-order valence-corrected chi connectivity index (χ1v) is 7.63. The third-order valence-electron chi connectivity index (χ3n) is 4.16. The first kappa shape index (κ1) is 15.5. The summed E-state index contributed by atoms with van der Waals surface area (Å²) in [6.45, 7) is 0.829. The summed E-state index contributed by atoms with van der Waals surface area (Å²) >= 11 is 0. The molecule has 1 heterocycles. The number of para-hydroxylation sites is 1. The van der Waals surface area contributed by atoms with E-state index in [1.807, 2.05) is 24.3 Å². The van der Waals surface area contributed by atoms with Crippen LogP contribution in [0.3, 0.4) is 0 Å². The maximum absolute atomic E-state index is 12.9. The summed E-state index contributed by atoms with van der Waals surface area (Å²) in [5, 5.41) is 2.83. The van der Waals surface area contributed by atoms with E-state index in [4.69, 9.17) is 10.5 Å². The molecule has 3 N–H and O–H groups in total. The van der Waals surface area contributed by atoms with Crippen LogP contribution in [0.1, 0.15) is 22.3 Å². The smallest absolute Gasteiger partial charge is 0.251 e. The van der Waals surface area contributed by atoms with Crippen molar-refractivity contribution in [2.75, 3.05) is 13.1 Å². The zero-order valence-electron chi connectivity index (χ0n) is 12.7. The molecule has 23 heavy (non-hydrogen) atoms. The van der Waals surface area contributed by atoms with Crippen molar-refractivity contribution < 1.29 is 13.9 Å². The molecular formula is C18H19FN2O2. The molecule has 0 saturated carbocycles. The SMILES string of the molecule is NCC1(CCNC(=O)c2ccc(F)cc2)Cc2ccccc2O1. The normalized spacial score (nSPS) is 19.0. The van der Waals surface area contributed by atoms with Gasteiger partial charge < -0.3 is 15.8 Å². The van der Waals surface area contributed by atoms with E-state index in [1.165, 1.54) is 24.3 Å². The van der Waals surface area contributed by atoms with Crippen molar-refractivity contribution in [1.29, 1.82) is 0 Å². The molecule has 0 spiro atoms. The van der Waals surface area contributed by atoms with E-state index in [-0.39, 0.29) is 11.7 Å². The van der Waals surface area contributed by atoms with Gasteiger partial charge >= 0.3 is 0 Å². The molecule has 0 radical (unpaired) electrons. The van der Waals surface area contributed by atoms with Crippen LogP contribution in [0.15, 0.2) is 48.5 Å². The molecule has 2 aromatic carbocycles. The zero-order chi connectivity index (χ0) is 16.3. The summed E-state index contributed by atoms with van der Waals surface area (Å²) in [4.78, 5) is 12.0. The topological polar surface area (TPSA) is 64.3 Å². The van der Waals surface area contributed by atoms with Crippen molar-refractivity contribution in [3.05, 3.63) is 65.5 Å². The second kappa shape index (κ2) is 6.38. The van der Waals surface area contributed by atoms with Crippen molar-refractivity contribution in [3.63, 3.8) is 0 Å². The molecule has 1 aliphatic heterocycles. The number of ether oxygens (including phenoxy) is 1. The number of benzene rings is 2. The molecule has 1 unspecified atom stereocenters. The summed E-state index contributed by atoms with van der Waals surface area (Å²) in [5.74, 6) is 0.274. The van der Waals surface area contributed by atoms with Crippen molar-refractivity contribution in [1.82, 2.24) is 5.32 Å². The van der Waals surface area contributed by atoms with E-state index in [1.54, 1.807) is 0 Å². The number of amides is 1. The van der Waals surface area contributed by atoms with Gasteiger partial charge in [-0.05, 0) is 35.9 Å². The van der Waals surface area contributed by atoms with Crippen molar-refractivity contribution in [2.45, 2.75) is 18.4 Å². The van der Waals surface area contributed by atoms with E-state index < -0.39 is 5.60 Å². The Morgan fingerprint density at radius 1 is 1.22 bits per heavy atom. The zero-order valence-corrected chi connectivity index (χ0v) is 12.7. The summed E-state index contributed by atoms with van der Waals surface area (Å²) in [6.07, 6.45) is 1.36. The number of fused-ring (bicyclic) bond motifs is 1. The van der Waals surface area contributed by atoms with Gasteiger partial charge in [0.15, 0.2) is 0 Å². The van der Waals surface area contributed by atoms with Crippen LogP contribution in [0.5, 0.6) is 5.75 Å². The fourth-order valence-corrected chi connectivity index (χ4v) is 2.83. The number of halogens is 1. The Balaban J connectivity index is 1.57. The molecule has 0 aliphatic carbocycles. The van der Waals surface area contributed by atoms with Crippen LogP contribution in [-0.4, -0.2) is 24.6 Å². The second-order valence-electron chi connectivity index (χ2n) is 5.79. The lowest BCUT2D eigenvalue weighted by Gasteiger charge is -2.27. The summed E-state index contributed by atoms with van der Waals surface area (Å²) in [7, 11) is 0. The fourth-order valence-electron chi connectivity index (χ4n) is 2.83. The molecule has 2 aromatic rings. The van der Waals surface area contributed by atoms with E-state index in [9.17, 15) is 9.18 Å². The molecule has 1 atom stereocenters. The summed E-state index contributed by atoms with van der Waals surface area (Å²) < 4.78 is 18.9. The van der Waals surface area contributed by atoms with Crippen LogP contribution in [0.2, 0.25) is 0 Å². The minimum Gasteiger partial charge on any atom is -0.485 e. The number of carbonyl (C=O) groups excluding carboxylic acids is 1. The van der Waals surface area contributed by atoms with Gasteiger partial charge in [0.25, 0.3) is 5.91 Å². The van der Waals surface area contributed by atoms with Gasteiger partial charge in [-0.15, -0.1) is 0 Å². The molecule has 4 nitrogen and oxygen atoms in total. The third kappa shape index (κ3) is 3.35. The maximum Gasteiger partial charge on any atom is 0.251 e. The van der Waals surface area contributed by atoms with Gasteiger partial charge in [0.05, 0.1) is 0 Å². The molecule has 0 saturated heterocycles. The van der Waals surface area contributed by atoms with Crippen LogP contribution in [-0.2, 0) is 6.42 Å². The van der Waals surface area contributed by atoms with E-state index in [0.29, 0.717) is 25.1 Å². The number of nitrogens with two attached hydrogens (primary N) is 1. The Morgan fingerprint density at radius 2 is 1.96 bits per heavy atom. The van der Waals surface area contributed by atoms with Crippen molar-refractivity contribution in [2.24, 2.45) is 5.73 Å². The highest BCUT2D eigenvalue weighted by molar-refractivity contribution is 5.94. The Bertz CT molecular complexity index is 675. The van der Waals surface area contributed by atoms with Gasteiger partial charge in [-0.2, -0.15) is 0 Å². The molecular weight excluding hydrogens is 295 g/mol. The summed E-state index contributed by atoms with van der Waals surface area (Å²) in [5.41, 5.74) is 7.02. The Labute approximate surface area is 134 Å². The predicted molar refractivity (Wildman–Crippen MR) is 85.9 cm³/mol. The lowest BCUT2D eigenvalue weighted by Crippen LogP contribution is -2.45. The van der Waals surface area contributed by atoms with Crippen molar-refractivity contribution >= 4 is 5.91 Å². The molecule has 5 heteroatoms. The monoisotopic (exact) mass is 314 g/mol. The van der Waals surface area contributed by atoms with Gasteiger partial charge in [0.2, 0.25) is 0 Å². The van der Waals surface area contributed by atoms with Crippen molar-refractivity contribution in [3.8, 4) is 5.75 Å². The number of nitrogens with one attached hydrogen (secondary N) is 1. The van der Waals surface area contributed by atoms with E-state index in [0.717, 1.165) is 17.7 Å². The first-order chi connectivity index (χ1) is 11.1. The lowest BCUT2D eigenvalue weighted by molar-refractivity contribution is 0.0854. The number of rotatable bonds is 5. The van der Waals surface area contributed by atoms with Gasteiger partial charge in [-0.25, -0.2) is 4.39 Å². The highest BCUT2D eigenvalue weighted by Crippen LogP contribution is 2.36. The van der Waals surface area contributed by atoms with E-state index >= 15 is 0 Å². The average molecular weight is 314 g/mol. The molecule has 0 bridgehead atoms. The molecule has 120 valence electrons. The number of hydrogen-bond donors (Lipinski definition) is 2. The molecule has 3 rings (SSSR count). The predicted octanol–water partition coefficient (Wildman–Crippen LogP) is 2.28. The standard InChI is InChI=1S/C18H19FN2O2/c19-15-7-5-13(6-8-15)17(22)21-10-9-18(12-20)11-14-3-1-2-4-16(14)23-18/h1-8H,9-12,20H2,(H,21,22). The highest BCUT2D eigenvalue weighted by Gasteiger charge is 2.37. The Morgan fingerprint density at radius 3 is 2.65 bits per heavy atom. The number of hydrogen-bond acceptors (Lipinski definition) is 3. The van der Waals surface area contributed by atoms with Crippen LogP contribution in [0.4, 0.5) is 4.39 Å². The fraction of sp³-hybridized carbons (Fsp3) is 0.278. The third-order valence-corrected chi connectivity index (χ3v) is 4.16. The largest absolute Gasteiger partial charge is 0.485 e. The number of carbonyl (C=O) groups is 1. The highest BCUT2D eigenvalue weighted by atomic mass is 19.1. The Kier molecular flexibility index (Phi) is 4.30. The minimum absolute atomic E-state index is 0.229. The molecule has 0 aromatic heterocycles. The van der Waals surface area contributed by atoms with Gasteiger partial charge in [-0.1, -0.05) is 18.2 Å².